The fourth-order valence-corrected chi connectivity index (χ4v) is 4.54. The number of thioether (sulfide) groups is 1. The Kier molecular flexibility index (Phi) is 7.87. The molecule has 0 aromatic heterocycles. The molecule has 1 atom stereocenters. The number of urea groups is 1. The molecule has 2 amide bonds. The first kappa shape index (κ1) is 22.3. The predicted octanol–water partition coefficient (Wildman–Crippen LogP) is 2.31. The van der Waals surface area contributed by atoms with Crippen LogP contribution in [-0.2, 0) is 9.53 Å². The van der Waals surface area contributed by atoms with E-state index in [1.54, 1.807) is 26.2 Å². The van der Waals surface area contributed by atoms with Crippen molar-refractivity contribution in [1.82, 2.24) is 15.5 Å². The zero-order valence-electron chi connectivity index (χ0n) is 17.7. The molecule has 2 aliphatic rings. The van der Waals surface area contributed by atoms with Gasteiger partial charge in [-0.3, -0.25) is 4.90 Å². The molecule has 1 aromatic carbocycles. The van der Waals surface area contributed by atoms with Crippen LogP contribution in [0.3, 0.4) is 0 Å². The van der Waals surface area contributed by atoms with Gasteiger partial charge >= 0.3 is 12.0 Å². The maximum atomic E-state index is 12.9. The van der Waals surface area contributed by atoms with Crippen molar-refractivity contribution in [1.29, 1.82) is 0 Å². The molecular formula is C21H29N3O5S. The van der Waals surface area contributed by atoms with Crippen LogP contribution in [0.5, 0.6) is 11.5 Å². The second kappa shape index (κ2) is 10.6. The number of amides is 2. The molecule has 2 aliphatic heterocycles. The van der Waals surface area contributed by atoms with E-state index in [2.05, 4.69) is 15.5 Å². The van der Waals surface area contributed by atoms with Crippen molar-refractivity contribution in [3.8, 4) is 11.5 Å². The molecule has 3 rings (SSSR count). The summed E-state index contributed by atoms with van der Waals surface area (Å²) < 4.78 is 16.4. The van der Waals surface area contributed by atoms with E-state index in [9.17, 15) is 9.59 Å². The molecule has 0 aliphatic carbocycles. The van der Waals surface area contributed by atoms with Crippen LogP contribution in [0, 0.1) is 0 Å². The summed E-state index contributed by atoms with van der Waals surface area (Å²) in [6.07, 6.45) is 0. The highest BCUT2D eigenvalue weighted by atomic mass is 32.2. The van der Waals surface area contributed by atoms with Gasteiger partial charge in [-0.1, -0.05) is 6.07 Å². The Hall–Kier alpha value is -2.39. The molecule has 164 valence electrons. The lowest BCUT2D eigenvalue weighted by Gasteiger charge is -2.33. The van der Waals surface area contributed by atoms with Crippen LogP contribution in [0.2, 0.25) is 0 Å². The number of ether oxygens (including phenoxy) is 3. The number of carbonyl (C=O) groups is 2. The molecule has 2 heterocycles. The molecule has 0 spiro atoms. The van der Waals surface area contributed by atoms with Gasteiger partial charge in [0.15, 0.2) is 11.5 Å². The molecule has 8 nitrogen and oxygen atoms in total. The van der Waals surface area contributed by atoms with E-state index in [1.165, 1.54) is 0 Å². The predicted molar refractivity (Wildman–Crippen MR) is 116 cm³/mol. The molecule has 30 heavy (non-hydrogen) atoms. The lowest BCUT2D eigenvalue weighted by Crippen LogP contribution is -2.49. The maximum absolute atomic E-state index is 12.9. The quantitative estimate of drug-likeness (QED) is 0.606. The summed E-state index contributed by atoms with van der Waals surface area (Å²) in [4.78, 5) is 27.6. The van der Waals surface area contributed by atoms with Gasteiger partial charge in [0.25, 0.3) is 0 Å². The third-order valence-electron chi connectivity index (χ3n) is 4.96. The van der Waals surface area contributed by atoms with Gasteiger partial charge in [-0.15, -0.1) is 0 Å². The van der Waals surface area contributed by atoms with Crippen molar-refractivity contribution >= 4 is 23.8 Å². The summed E-state index contributed by atoms with van der Waals surface area (Å²) in [6, 6.07) is 4.42. The summed E-state index contributed by atoms with van der Waals surface area (Å²) >= 11 is 1.91. The van der Waals surface area contributed by atoms with E-state index in [4.69, 9.17) is 14.2 Å². The molecule has 9 heteroatoms. The van der Waals surface area contributed by atoms with Crippen molar-refractivity contribution in [2.45, 2.75) is 19.9 Å². The number of esters is 1. The molecule has 1 aromatic rings. The van der Waals surface area contributed by atoms with Crippen molar-refractivity contribution in [2.24, 2.45) is 0 Å². The first-order chi connectivity index (χ1) is 14.6. The molecule has 0 bridgehead atoms. The fraction of sp³-hybridized carbons (Fsp3) is 0.524. The van der Waals surface area contributed by atoms with Crippen molar-refractivity contribution in [3.05, 3.63) is 35.0 Å². The monoisotopic (exact) mass is 435 g/mol. The van der Waals surface area contributed by atoms with E-state index < -0.39 is 12.0 Å². The topological polar surface area (TPSA) is 89.1 Å². The molecule has 0 unspecified atom stereocenters. The van der Waals surface area contributed by atoms with Gasteiger partial charge in [0, 0.05) is 36.8 Å². The van der Waals surface area contributed by atoms with Crippen LogP contribution in [0.1, 0.15) is 25.5 Å². The summed E-state index contributed by atoms with van der Waals surface area (Å²) in [6.45, 7) is 6.74. The zero-order valence-corrected chi connectivity index (χ0v) is 18.5. The Labute approximate surface area is 181 Å². The summed E-state index contributed by atoms with van der Waals surface area (Å²) in [5.41, 5.74) is 1.72. The Morgan fingerprint density at radius 3 is 2.63 bits per heavy atom. The van der Waals surface area contributed by atoms with Crippen molar-refractivity contribution in [3.63, 3.8) is 0 Å². The standard InChI is InChI=1S/C21H29N3O5S/c1-4-28-16-7-6-14(12-17(16)27-3)19-18(20(25)29-5-2)15(22-21(26)23-19)13-24-8-10-30-11-9-24/h6-7,12,19H,4-5,8-11,13H2,1-3H3,(H2,22,23,26)/t19-/m0/s1. The number of benzene rings is 1. The maximum Gasteiger partial charge on any atom is 0.338 e. The van der Waals surface area contributed by atoms with Gasteiger partial charge in [-0.25, -0.2) is 9.59 Å². The first-order valence-electron chi connectivity index (χ1n) is 10.2. The third kappa shape index (κ3) is 5.20. The average Bonchev–Trinajstić information content (AvgIpc) is 2.74. The van der Waals surface area contributed by atoms with Gasteiger partial charge in [-0.2, -0.15) is 11.8 Å². The van der Waals surface area contributed by atoms with Crippen LogP contribution in [0.15, 0.2) is 29.5 Å². The summed E-state index contributed by atoms with van der Waals surface area (Å²) in [5.74, 6) is 2.78. The van der Waals surface area contributed by atoms with Crippen LogP contribution < -0.4 is 20.1 Å². The molecular weight excluding hydrogens is 406 g/mol. The van der Waals surface area contributed by atoms with E-state index in [1.807, 2.05) is 24.8 Å². The van der Waals surface area contributed by atoms with Crippen LogP contribution in [0.4, 0.5) is 4.79 Å². The molecule has 1 saturated heterocycles. The highest BCUT2D eigenvalue weighted by Gasteiger charge is 2.35. The van der Waals surface area contributed by atoms with E-state index >= 15 is 0 Å². The van der Waals surface area contributed by atoms with Gasteiger partial charge in [0.05, 0.1) is 31.9 Å². The molecule has 0 saturated carbocycles. The van der Waals surface area contributed by atoms with Crippen LogP contribution in [-0.4, -0.2) is 68.4 Å². The second-order valence-corrected chi connectivity index (χ2v) is 8.10. The van der Waals surface area contributed by atoms with Crippen molar-refractivity contribution in [2.75, 3.05) is 51.5 Å². The van der Waals surface area contributed by atoms with Crippen LogP contribution in [0.25, 0.3) is 0 Å². The molecule has 1 fully saturated rings. The first-order valence-corrected chi connectivity index (χ1v) is 11.3. The number of methoxy groups -OCH3 is 1. The SMILES string of the molecule is CCOC(=O)C1=C(CN2CCSCC2)NC(=O)N[C@H]1c1ccc(OCC)c(OC)c1. The smallest absolute Gasteiger partial charge is 0.338 e. The Morgan fingerprint density at radius 2 is 1.97 bits per heavy atom. The summed E-state index contributed by atoms with van der Waals surface area (Å²) in [5, 5.41) is 5.70. The van der Waals surface area contributed by atoms with Gasteiger partial charge in [0.2, 0.25) is 0 Å². The highest BCUT2D eigenvalue weighted by Crippen LogP contribution is 2.35. The minimum absolute atomic E-state index is 0.253. The van der Waals surface area contributed by atoms with E-state index in [0.29, 0.717) is 35.9 Å². The normalized spacial score (nSPS) is 19.7. The lowest BCUT2D eigenvalue weighted by molar-refractivity contribution is -0.139. The number of rotatable bonds is 8. The van der Waals surface area contributed by atoms with Gasteiger partial charge in [0.1, 0.15) is 0 Å². The Morgan fingerprint density at radius 1 is 1.20 bits per heavy atom. The zero-order chi connectivity index (χ0) is 21.5. The Bertz CT molecular complexity index is 808. The van der Waals surface area contributed by atoms with E-state index in [-0.39, 0.29) is 12.6 Å². The molecule has 0 radical (unpaired) electrons. The van der Waals surface area contributed by atoms with Gasteiger partial charge in [-0.05, 0) is 31.5 Å². The number of hydrogen-bond donors (Lipinski definition) is 2. The fourth-order valence-electron chi connectivity index (χ4n) is 3.56. The lowest BCUT2D eigenvalue weighted by atomic mass is 9.94. The minimum Gasteiger partial charge on any atom is -0.493 e. The molecule has 2 N–H and O–H groups in total. The largest absolute Gasteiger partial charge is 0.493 e. The van der Waals surface area contributed by atoms with Crippen molar-refractivity contribution < 1.29 is 23.8 Å². The van der Waals surface area contributed by atoms with Gasteiger partial charge < -0.3 is 24.8 Å². The Balaban J connectivity index is 2.00. The van der Waals surface area contributed by atoms with E-state index in [0.717, 1.165) is 30.2 Å². The number of nitrogens with zero attached hydrogens (tertiary/aromatic N) is 1. The minimum atomic E-state index is -0.642. The number of nitrogens with one attached hydrogen (secondary N) is 2. The number of carbonyl (C=O) groups excluding carboxylic acids is 2. The second-order valence-electron chi connectivity index (χ2n) is 6.88. The third-order valence-corrected chi connectivity index (χ3v) is 5.90. The van der Waals surface area contributed by atoms with Crippen LogP contribution >= 0.6 is 11.8 Å². The highest BCUT2D eigenvalue weighted by molar-refractivity contribution is 7.99. The summed E-state index contributed by atoms with van der Waals surface area (Å²) in [7, 11) is 1.56. The number of hydrogen-bond acceptors (Lipinski definition) is 7. The average molecular weight is 436 g/mol.